The molecule has 2 saturated heterocycles. The van der Waals surface area contributed by atoms with Crippen LogP contribution < -0.4 is 0 Å². The molecule has 0 aromatic carbocycles. The highest BCUT2D eigenvalue weighted by atomic mass is 15.3. The van der Waals surface area contributed by atoms with Crippen LogP contribution in [0.3, 0.4) is 0 Å². The molecule has 0 amide bonds. The second kappa shape index (κ2) is 7.24. The van der Waals surface area contributed by atoms with Gasteiger partial charge in [-0.1, -0.05) is 6.92 Å². The van der Waals surface area contributed by atoms with E-state index in [1.54, 1.807) is 0 Å². The van der Waals surface area contributed by atoms with Crippen molar-refractivity contribution in [3.05, 3.63) is 0 Å². The number of hydrogen-bond donors (Lipinski definition) is 0. The third-order valence-electron chi connectivity index (χ3n) is 5.47. The largest absolute Gasteiger partial charge is 0.301 e. The molecule has 0 aromatic rings. The maximum atomic E-state index is 2.71. The van der Waals surface area contributed by atoms with Crippen molar-refractivity contribution in [2.45, 2.75) is 53.1 Å². The number of piperidine rings is 1. The zero-order valence-corrected chi connectivity index (χ0v) is 14.3. The van der Waals surface area contributed by atoms with Gasteiger partial charge in [0.25, 0.3) is 0 Å². The Hall–Kier alpha value is -0.120. The Balaban J connectivity index is 1.75. The van der Waals surface area contributed by atoms with Crippen LogP contribution in [0.2, 0.25) is 0 Å². The predicted octanol–water partition coefficient (Wildman–Crippen LogP) is 2.38. The molecule has 0 unspecified atom stereocenters. The molecule has 3 nitrogen and oxygen atoms in total. The third-order valence-corrected chi connectivity index (χ3v) is 5.47. The van der Waals surface area contributed by atoms with Gasteiger partial charge in [0.1, 0.15) is 0 Å². The van der Waals surface area contributed by atoms with Gasteiger partial charge in [-0.05, 0) is 52.5 Å². The maximum absolute atomic E-state index is 2.71. The lowest BCUT2D eigenvalue weighted by Crippen LogP contribution is -2.52. The molecule has 2 heterocycles. The molecule has 2 aliphatic heterocycles. The van der Waals surface area contributed by atoms with Crippen LogP contribution in [-0.4, -0.2) is 72.6 Å². The van der Waals surface area contributed by atoms with E-state index in [1.165, 1.54) is 52.2 Å². The zero-order chi connectivity index (χ0) is 14.7. The van der Waals surface area contributed by atoms with E-state index in [2.05, 4.69) is 49.3 Å². The lowest BCUT2D eigenvalue weighted by Gasteiger charge is -2.43. The molecule has 2 fully saturated rings. The molecule has 0 aromatic heterocycles. The summed E-state index contributed by atoms with van der Waals surface area (Å²) in [5, 5.41) is 0. The van der Waals surface area contributed by atoms with E-state index >= 15 is 0 Å². The van der Waals surface area contributed by atoms with Crippen LogP contribution in [0.1, 0.15) is 41.0 Å². The molecule has 3 heteroatoms. The molecule has 118 valence electrons. The first-order chi connectivity index (χ1) is 9.47. The van der Waals surface area contributed by atoms with Crippen LogP contribution in [0, 0.1) is 11.8 Å². The average molecular weight is 281 g/mol. The number of hydrogen-bond acceptors (Lipinski definition) is 3. The highest BCUT2D eigenvalue weighted by Crippen LogP contribution is 2.25. The molecule has 0 saturated carbocycles. The summed E-state index contributed by atoms with van der Waals surface area (Å²) in [6.45, 7) is 20.8. The fourth-order valence-electron chi connectivity index (χ4n) is 3.76. The maximum Gasteiger partial charge on any atom is 0.0113 e. The Kier molecular flexibility index (Phi) is 5.88. The third kappa shape index (κ3) is 4.19. The lowest BCUT2D eigenvalue weighted by molar-refractivity contribution is 0.0518. The van der Waals surface area contributed by atoms with E-state index in [4.69, 9.17) is 0 Å². The van der Waals surface area contributed by atoms with E-state index < -0.39 is 0 Å². The monoisotopic (exact) mass is 281 g/mol. The van der Waals surface area contributed by atoms with Crippen molar-refractivity contribution < 1.29 is 0 Å². The van der Waals surface area contributed by atoms with Crippen molar-refractivity contribution in [1.29, 1.82) is 0 Å². The normalized spacial score (nSPS) is 31.4. The Morgan fingerprint density at radius 2 is 1.45 bits per heavy atom. The summed E-state index contributed by atoms with van der Waals surface area (Å²) in [7, 11) is 0. The van der Waals surface area contributed by atoms with Crippen molar-refractivity contribution in [3.63, 3.8) is 0 Å². The molecule has 2 aliphatic rings. The first-order valence-corrected chi connectivity index (χ1v) is 8.67. The molecular formula is C17H35N3. The van der Waals surface area contributed by atoms with Crippen molar-refractivity contribution >= 4 is 0 Å². The highest BCUT2D eigenvalue weighted by Gasteiger charge is 2.29. The smallest absolute Gasteiger partial charge is 0.0113 e. The Labute approximate surface area is 126 Å². The van der Waals surface area contributed by atoms with Crippen molar-refractivity contribution in [2.75, 3.05) is 45.8 Å². The van der Waals surface area contributed by atoms with Crippen LogP contribution in [0.25, 0.3) is 0 Å². The second-order valence-corrected chi connectivity index (χ2v) is 7.55. The SMILES string of the molecule is CC(C)N1CCN(C[C@H]2CCN(C(C)C)C[C@H]2C)CC1. The lowest BCUT2D eigenvalue weighted by atomic mass is 9.85. The quantitative estimate of drug-likeness (QED) is 0.783. The molecule has 2 atom stereocenters. The molecule has 0 N–H and O–H groups in total. The van der Waals surface area contributed by atoms with E-state index in [0.29, 0.717) is 12.1 Å². The fourth-order valence-corrected chi connectivity index (χ4v) is 3.76. The van der Waals surface area contributed by atoms with Gasteiger partial charge in [0.05, 0.1) is 0 Å². The summed E-state index contributed by atoms with van der Waals surface area (Å²) >= 11 is 0. The topological polar surface area (TPSA) is 9.72 Å². The predicted molar refractivity (Wildman–Crippen MR) is 87.1 cm³/mol. The number of likely N-dealkylation sites (tertiary alicyclic amines) is 1. The standard InChI is InChI=1S/C17H35N3/c1-14(2)19-10-8-18(9-11-19)13-17-6-7-20(15(3)4)12-16(17)5/h14-17H,6-13H2,1-5H3/t16-,17-/m1/s1. The Morgan fingerprint density at radius 1 is 0.850 bits per heavy atom. The molecule has 0 bridgehead atoms. The molecule has 20 heavy (non-hydrogen) atoms. The van der Waals surface area contributed by atoms with E-state index in [1.807, 2.05) is 0 Å². The van der Waals surface area contributed by atoms with Crippen molar-refractivity contribution in [2.24, 2.45) is 11.8 Å². The summed E-state index contributed by atoms with van der Waals surface area (Å²) < 4.78 is 0. The van der Waals surface area contributed by atoms with E-state index in [0.717, 1.165) is 11.8 Å². The number of piperazine rings is 1. The van der Waals surface area contributed by atoms with Crippen molar-refractivity contribution in [1.82, 2.24) is 14.7 Å². The van der Waals surface area contributed by atoms with Gasteiger partial charge in [-0.2, -0.15) is 0 Å². The number of rotatable bonds is 4. The second-order valence-electron chi connectivity index (χ2n) is 7.55. The number of nitrogens with zero attached hydrogens (tertiary/aromatic N) is 3. The van der Waals surface area contributed by atoms with Gasteiger partial charge >= 0.3 is 0 Å². The van der Waals surface area contributed by atoms with Gasteiger partial charge in [-0.25, -0.2) is 0 Å². The van der Waals surface area contributed by atoms with E-state index in [9.17, 15) is 0 Å². The minimum atomic E-state index is 0.713. The average Bonchev–Trinajstić information content (AvgIpc) is 2.41. The highest BCUT2D eigenvalue weighted by molar-refractivity contribution is 4.83. The molecule has 2 rings (SSSR count). The fraction of sp³-hybridized carbons (Fsp3) is 1.00. The Morgan fingerprint density at radius 3 is 1.95 bits per heavy atom. The molecular weight excluding hydrogens is 246 g/mol. The van der Waals surface area contributed by atoms with Gasteiger partial charge in [-0.3, -0.25) is 4.90 Å². The minimum absolute atomic E-state index is 0.713. The first-order valence-electron chi connectivity index (χ1n) is 8.67. The summed E-state index contributed by atoms with van der Waals surface area (Å²) in [6, 6.07) is 1.43. The van der Waals surface area contributed by atoms with Gasteiger partial charge in [0.2, 0.25) is 0 Å². The van der Waals surface area contributed by atoms with Crippen molar-refractivity contribution in [3.8, 4) is 0 Å². The Bertz CT molecular complexity index is 282. The summed E-state index contributed by atoms with van der Waals surface area (Å²) in [5.41, 5.74) is 0. The van der Waals surface area contributed by atoms with Crippen LogP contribution in [0.5, 0.6) is 0 Å². The van der Waals surface area contributed by atoms with Gasteiger partial charge in [-0.15, -0.1) is 0 Å². The summed E-state index contributed by atoms with van der Waals surface area (Å²) in [6.07, 6.45) is 1.39. The molecule has 0 aliphatic carbocycles. The molecule has 0 spiro atoms. The summed E-state index contributed by atoms with van der Waals surface area (Å²) in [5.74, 6) is 1.77. The van der Waals surface area contributed by atoms with Crippen LogP contribution in [0.4, 0.5) is 0 Å². The molecule has 0 radical (unpaired) electrons. The van der Waals surface area contributed by atoms with Gasteiger partial charge in [0.15, 0.2) is 0 Å². The van der Waals surface area contributed by atoms with E-state index in [-0.39, 0.29) is 0 Å². The van der Waals surface area contributed by atoms with Crippen LogP contribution in [-0.2, 0) is 0 Å². The van der Waals surface area contributed by atoms with Gasteiger partial charge < -0.3 is 9.80 Å². The van der Waals surface area contributed by atoms with Gasteiger partial charge in [0, 0.05) is 51.4 Å². The first kappa shape index (κ1) is 16.3. The van der Waals surface area contributed by atoms with Crippen LogP contribution in [0.15, 0.2) is 0 Å². The minimum Gasteiger partial charge on any atom is -0.301 e. The summed E-state index contributed by atoms with van der Waals surface area (Å²) in [4.78, 5) is 7.98. The zero-order valence-electron chi connectivity index (χ0n) is 14.3. The van der Waals surface area contributed by atoms with Crippen LogP contribution >= 0.6 is 0 Å².